The van der Waals surface area contributed by atoms with Crippen molar-refractivity contribution in [3.63, 3.8) is 0 Å². The number of benzene rings is 2. The lowest BCUT2D eigenvalue weighted by molar-refractivity contribution is -0.144. The lowest BCUT2D eigenvalue weighted by Crippen LogP contribution is -2.60. The van der Waals surface area contributed by atoms with Crippen molar-refractivity contribution in [2.45, 2.75) is 183 Å². The standard InChI is InChI=1S/C63H97N17O14S/c1-37(2)33-45(56(87)76-44(62(93)94)27-32-95-3)72-52(83)36-71-53(84)46(34-38-15-6-4-7-16-38)77-57(88)47(35-39-17-8-5-9-18-39)78-55(86)41(23-25-50(66)81)73-54(85)42(24-26-51(67)82)74-58(89)49-22-14-31-80(49)61(92)43(20-10-11-28-64)75-59(90)48-21-13-30-79(48)60(91)40(65)19-12-29-70-63(68)69/h4-9,15-18,37,40-49H,10-14,19-36,64-65H2,1-3H3,(H2,66,81)(H2,67,82)(H,71,84)(H,72,83)(H,73,85)(H,74,89)(H,75,90)(H,76,87)(H,77,88)(H,78,86)(H,93,94)(H4,68,69,70)/t40-,41+,42+,43-,44+,45-,46+,47+,48-,49-/m1/s1. The first-order valence-corrected chi connectivity index (χ1v) is 33.5. The summed E-state index contributed by atoms with van der Waals surface area (Å²) >= 11 is 1.40. The van der Waals surface area contributed by atoms with Crippen LogP contribution in [0, 0.1) is 5.92 Å². The molecule has 2 aromatic rings. The Labute approximate surface area is 557 Å². The summed E-state index contributed by atoms with van der Waals surface area (Å²) in [5.74, 6) is -10.6. The quantitative estimate of drug-likeness (QED) is 0.0178. The summed E-state index contributed by atoms with van der Waals surface area (Å²) in [5.41, 5.74) is 35.0. The molecule has 0 radical (unpaired) electrons. The van der Waals surface area contributed by atoms with E-state index in [4.69, 9.17) is 34.4 Å². The van der Waals surface area contributed by atoms with Crippen molar-refractivity contribution in [3.05, 3.63) is 71.8 Å². The number of guanidine groups is 1. The van der Waals surface area contributed by atoms with Crippen LogP contribution in [0.4, 0.5) is 0 Å². The molecule has 2 saturated heterocycles. The van der Waals surface area contributed by atoms with Gasteiger partial charge in [0.2, 0.25) is 70.9 Å². The Hall–Kier alpha value is -8.91. The summed E-state index contributed by atoms with van der Waals surface area (Å²) in [6.45, 7) is 3.78. The number of carboxylic acids is 1. The zero-order valence-electron chi connectivity index (χ0n) is 54.4. The second-order valence-electron chi connectivity index (χ2n) is 24.1. The van der Waals surface area contributed by atoms with Crippen molar-refractivity contribution in [2.75, 3.05) is 44.7 Å². The van der Waals surface area contributed by atoms with Crippen LogP contribution in [0.1, 0.15) is 121 Å². The van der Waals surface area contributed by atoms with Crippen molar-refractivity contribution < 1.29 is 67.4 Å². The van der Waals surface area contributed by atoms with Gasteiger partial charge in [-0.2, -0.15) is 11.8 Å². The van der Waals surface area contributed by atoms with E-state index in [1.807, 2.05) is 0 Å². The first kappa shape index (κ1) is 78.5. The SMILES string of the molecule is CSCC[C@H](NC(=O)[C@@H](CC(C)C)NC(=O)CNC(=O)[C@H](Cc1ccccc1)NC(=O)[C@H](Cc1ccccc1)NC(=O)[C@H](CCC(N)=O)NC(=O)[C@H](CCC(N)=O)NC(=O)[C@H]1CCCN1C(=O)[C@@H](CCCCN)NC(=O)[C@H]1CCCN1C(=O)[C@H](N)CCCN=C(N)N)C(=O)O. The highest BCUT2D eigenvalue weighted by molar-refractivity contribution is 7.98. The third-order valence-electron chi connectivity index (χ3n) is 16.0. The molecular formula is C63H97N17O14S. The number of carbonyl (C=O) groups is 13. The van der Waals surface area contributed by atoms with E-state index in [-0.39, 0.29) is 83.0 Å². The molecule has 10 atom stereocenters. The number of thioether (sulfide) groups is 1. The van der Waals surface area contributed by atoms with Gasteiger partial charge in [-0.3, -0.25) is 62.5 Å². The van der Waals surface area contributed by atoms with Gasteiger partial charge >= 0.3 is 5.97 Å². The van der Waals surface area contributed by atoms with Crippen LogP contribution in [-0.2, 0) is 75.2 Å². The largest absolute Gasteiger partial charge is 0.480 e. The third kappa shape index (κ3) is 27.5. The van der Waals surface area contributed by atoms with Crippen LogP contribution in [0.2, 0.25) is 0 Å². The molecule has 0 bridgehead atoms. The van der Waals surface area contributed by atoms with Crippen LogP contribution in [0.5, 0.6) is 0 Å². The van der Waals surface area contributed by atoms with Crippen molar-refractivity contribution in [3.8, 4) is 0 Å². The van der Waals surface area contributed by atoms with Crippen molar-refractivity contribution in [2.24, 2.45) is 45.3 Å². The Balaban J connectivity index is 1.56. The van der Waals surface area contributed by atoms with Gasteiger partial charge in [0.05, 0.1) is 12.6 Å². The molecule has 0 saturated carbocycles. The summed E-state index contributed by atoms with van der Waals surface area (Å²) < 4.78 is 0. The number of unbranched alkanes of at least 4 members (excludes halogenated alkanes) is 1. The molecule has 12 amide bonds. The zero-order valence-corrected chi connectivity index (χ0v) is 55.2. The fourth-order valence-corrected chi connectivity index (χ4v) is 11.5. The topological polar surface area (TPSA) is 513 Å². The Morgan fingerprint density at radius 3 is 1.53 bits per heavy atom. The number of nitrogens with zero attached hydrogens (tertiary/aromatic N) is 3. The van der Waals surface area contributed by atoms with Crippen LogP contribution >= 0.6 is 11.8 Å². The van der Waals surface area contributed by atoms with Crippen LogP contribution in [0.3, 0.4) is 0 Å². The number of aliphatic carboxylic acids is 1. The molecule has 0 spiro atoms. The first-order chi connectivity index (χ1) is 45.2. The number of carboxylic acid groups (broad SMARTS) is 1. The molecule has 95 heavy (non-hydrogen) atoms. The molecule has 524 valence electrons. The van der Waals surface area contributed by atoms with Gasteiger partial charge in [-0.1, -0.05) is 74.5 Å². The molecule has 2 heterocycles. The third-order valence-corrected chi connectivity index (χ3v) is 16.6. The Morgan fingerprint density at radius 1 is 0.558 bits per heavy atom. The molecule has 32 heteroatoms. The molecule has 21 N–H and O–H groups in total. The number of rotatable bonds is 42. The van der Waals surface area contributed by atoms with E-state index in [1.54, 1.807) is 80.8 Å². The van der Waals surface area contributed by atoms with Crippen molar-refractivity contribution >= 4 is 94.6 Å². The lowest BCUT2D eigenvalue weighted by atomic mass is 10.0. The summed E-state index contributed by atoms with van der Waals surface area (Å²) in [7, 11) is 0. The maximum absolute atomic E-state index is 14.7. The number of hydrogen-bond acceptors (Lipinski definition) is 17. The Kier molecular flexibility index (Phi) is 33.9. The van der Waals surface area contributed by atoms with E-state index in [9.17, 15) is 67.4 Å². The van der Waals surface area contributed by atoms with E-state index in [0.717, 1.165) is 0 Å². The van der Waals surface area contributed by atoms with Crippen molar-refractivity contribution in [1.29, 1.82) is 0 Å². The number of hydrogen-bond donors (Lipinski definition) is 15. The lowest BCUT2D eigenvalue weighted by Gasteiger charge is -2.32. The smallest absolute Gasteiger partial charge is 0.326 e. The van der Waals surface area contributed by atoms with E-state index in [0.29, 0.717) is 55.4 Å². The normalized spacial score (nSPS) is 16.8. The number of likely N-dealkylation sites (tertiary alicyclic amines) is 2. The van der Waals surface area contributed by atoms with Gasteiger partial charge in [-0.15, -0.1) is 0 Å². The number of aliphatic imine (C=N–C) groups is 1. The average molecular weight is 1350 g/mol. The molecule has 2 fully saturated rings. The van der Waals surface area contributed by atoms with Gasteiger partial charge in [0.25, 0.3) is 0 Å². The minimum Gasteiger partial charge on any atom is -0.480 e. The molecule has 2 aliphatic rings. The summed E-state index contributed by atoms with van der Waals surface area (Å²) in [4.78, 5) is 184. The van der Waals surface area contributed by atoms with E-state index >= 15 is 0 Å². The van der Waals surface area contributed by atoms with Crippen molar-refractivity contribution in [1.82, 2.24) is 52.3 Å². The number of primary amides is 2. The van der Waals surface area contributed by atoms with Gasteiger partial charge in [-0.25, -0.2) is 4.79 Å². The summed E-state index contributed by atoms with van der Waals surface area (Å²) in [5, 5.41) is 30.6. The fourth-order valence-electron chi connectivity index (χ4n) is 11.0. The number of amides is 12. The molecule has 4 rings (SSSR count). The van der Waals surface area contributed by atoms with Gasteiger partial charge < -0.3 is 91.8 Å². The van der Waals surface area contributed by atoms with E-state index in [2.05, 4.69) is 47.5 Å². The van der Waals surface area contributed by atoms with E-state index in [1.165, 1.54) is 21.6 Å². The minimum absolute atomic E-state index is 0.0706. The predicted molar refractivity (Wildman–Crippen MR) is 354 cm³/mol. The summed E-state index contributed by atoms with van der Waals surface area (Å²) in [6.07, 6.45) is 2.86. The molecule has 2 aliphatic heterocycles. The van der Waals surface area contributed by atoms with Gasteiger partial charge in [0, 0.05) is 45.3 Å². The maximum Gasteiger partial charge on any atom is 0.326 e. The highest BCUT2D eigenvalue weighted by Crippen LogP contribution is 2.24. The number of carbonyl (C=O) groups excluding carboxylic acids is 12. The number of nitrogens with one attached hydrogen (secondary N) is 8. The Morgan fingerprint density at radius 2 is 1.03 bits per heavy atom. The minimum atomic E-state index is -1.65. The predicted octanol–water partition coefficient (Wildman–Crippen LogP) is -3.11. The molecule has 0 aromatic heterocycles. The van der Waals surface area contributed by atoms with Crippen LogP contribution in [0.25, 0.3) is 0 Å². The molecule has 0 unspecified atom stereocenters. The first-order valence-electron chi connectivity index (χ1n) is 32.1. The average Bonchev–Trinajstić information content (AvgIpc) is 1.74. The van der Waals surface area contributed by atoms with E-state index < -0.39 is 170 Å². The van der Waals surface area contributed by atoms with Gasteiger partial charge in [-0.05, 0) is 119 Å². The monoisotopic (exact) mass is 1350 g/mol. The second kappa shape index (κ2) is 41.0. The molecule has 31 nitrogen and oxygen atoms in total. The maximum atomic E-state index is 14.7. The van der Waals surface area contributed by atoms with Crippen LogP contribution in [0.15, 0.2) is 65.7 Å². The highest BCUT2D eigenvalue weighted by Gasteiger charge is 2.42. The molecular weight excluding hydrogens is 1250 g/mol. The summed E-state index contributed by atoms with van der Waals surface area (Å²) in [6, 6.07) is 4.12. The Bertz CT molecular complexity index is 2960. The highest BCUT2D eigenvalue weighted by atomic mass is 32.2. The zero-order chi connectivity index (χ0) is 70.1. The fraction of sp³-hybridized carbons (Fsp3) is 0.587. The van der Waals surface area contributed by atoms with Crippen LogP contribution in [-0.4, -0.2) is 203 Å². The van der Waals surface area contributed by atoms with Gasteiger partial charge in [0.1, 0.15) is 54.4 Å². The molecule has 2 aromatic carbocycles. The van der Waals surface area contributed by atoms with Gasteiger partial charge in [0.15, 0.2) is 5.96 Å². The van der Waals surface area contributed by atoms with Crippen LogP contribution < -0.4 is 76.9 Å². The second-order valence-corrected chi connectivity index (χ2v) is 25.0. The molecule has 0 aliphatic carbocycles. The number of nitrogens with two attached hydrogens (primary N) is 6.